The summed E-state index contributed by atoms with van der Waals surface area (Å²) in [6.07, 6.45) is 2.86. The highest BCUT2D eigenvalue weighted by molar-refractivity contribution is 5.96. The van der Waals surface area contributed by atoms with Crippen molar-refractivity contribution >= 4 is 29.5 Å². The van der Waals surface area contributed by atoms with Gasteiger partial charge in [-0.15, -0.1) is 0 Å². The number of carbonyl (C=O) groups excluding carboxylic acids is 3. The quantitative estimate of drug-likeness (QED) is 0.398. The number of benzene rings is 2. The Hall–Kier alpha value is -3.61. The summed E-state index contributed by atoms with van der Waals surface area (Å²) in [5.41, 5.74) is 7.88. The lowest BCUT2D eigenvalue weighted by Gasteiger charge is -2.21. The van der Waals surface area contributed by atoms with Crippen LogP contribution in [0.25, 0.3) is 6.08 Å². The molecule has 2 N–H and O–H groups in total. The van der Waals surface area contributed by atoms with Crippen molar-refractivity contribution in [2.24, 2.45) is 0 Å². The Morgan fingerprint density at radius 3 is 2.33 bits per heavy atom. The zero-order valence-corrected chi connectivity index (χ0v) is 17.5. The predicted octanol–water partition coefficient (Wildman–Crippen LogP) is 2.86. The highest BCUT2D eigenvalue weighted by Gasteiger charge is 2.10. The van der Waals surface area contributed by atoms with Crippen molar-refractivity contribution in [3.05, 3.63) is 71.3 Å². The molecule has 0 aliphatic rings. The highest BCUT2D eigenvalue weighted by Crippen LogP contribution is 2.14. The van der Waals surface area contributed by atoms with Gasteiger partial charge in [-0.25, -0.2) is 4.79 Å². The molecule has 7 heteroatoms. The van der Waals surface area contributed by atoms with Gasteiger partial charge in [-0.2, -0.15) is 0 Å². The van der Waals surface area contributed by atoms with Gasteiger partial charge < -0.3 is 9.64 Å². The molecule has 2 aromatic carbocycles. The lowest BCUT2D eigenvalue weighted by Crippen LogP contribution is -2.43. The van der Waals surface area contributed by atoms with E-state index in [1.165, 1.54) is 6.08 Å². The number of carbonyl (C=O) groups is 3. The molecule has 2 aromatic rings. The summed E-state index contributed by atoms with van der Waals surface area (Å²) < 4.78 is 4.87. The Morgan fingerprint density at radius 1 is 1.00 bits per heavy atom. The van der Waals surface area contributed by atoms with Crippen LogP contribution in [0.15, 0.2) is 54.6 Å². The van der Waals surface area contributed by atoms with E-state index in [2.05, 4.69) is 29.6 Å². The smallest absolute Gasteiger partial charge is 0.331 e. The largest absolute Gasteiger partial charge is 0.452 e. The molecule has 0 saturated carbocycles. The Balaban J connectivity index is 1.76. The SMILES string of the molecule is CCN(CC)c1ccc(C(=O)NNC(=O)COC(=O)/C=C/c2cccc(C)c2)cc1. The van der Waals surface area contributed by atoms with Gasteiger partial charge in [0.1, 0.15) is 0 Å². The van der Waals surface area contributed by atoms with Crippen LogP contribution in [0, 0.1) is 6.92 Å². The minimum atomic E-state index is -0.648. The zero-order chi connectivity index (χ0) is 21.9. The van der Waals surface area contributed by atoms with Crippen LogP contribution >= 0.6 is 0 Å². The molecule has 0 aliphatic heterocycles. The second-order valence-corrected chi connectivity index (χ2v) is 6.58. The molecule has 158 valence electrons. The monoisotopic (exact) mass is 409 g/mol. The Bertz CT molecular complexity index is 903. The molecule has 0 fully saturated rings. The zero-order valence-electron chi connectivity index (χ0n) is 17.5. The predicted molar refractivity (Wildman–Crippen MR) is 117 cm³/mol. The molecule has 0 spiro atoms. The average molecular weight is 409 g/mol. The maximum atomic E-state index is 12.1. The molecule has 0 unspecified atom stereocenters. The summed E-state index contributed by atoms with van der Waals surface area (Å²) in [5, 5.41) is 0. The van der Waals surface area contributed by atoms with Crippen LogP contribution in [0.3, 0.4) is 0 Å². The summed E-state index contributed by atoms with van der Waals surface area (Å²) in [6, 6.07) is 14.7. The molecule has 0 bridgehead atoms. The second-order valence-electron chi connectivity index (χ2n) is 6.58. The first-order chi connectivity index (χ1) is 14.4. The van der Waals surface area contributed by atoms with E-state index in [0.29, 0.717) is 5.56 Å². The van der Waals surface area contributed by atoms with Gasteiger partial charge in [0.2, 0.25) is 0 Å². The number of rotatable bonds is 8. The fourth-order valence-electron chi connectivity index (χ4n) is 2.77. The van der Waals surface area contributed by atoms with E-state index in [1.807, 2.05) is 43.3 Å². The van der Waals surface area contributed by atoms with E-state index in [1.54, 1.807) is 18.2 Å². The number of esters is 1. The van der Waals surface area contributed by atoms with Crippen LogP contribution < -0.4 is 15.8 Å². The summed E-state index contributed by atoms with van der Waals surface area (Å²) in [6.45, 7) is 7.32. The number of anilines is 1. The lowest BCUT2D eigenvalue weighted by molar-refractivity contribution is -0.144. The summed E-state index contributed by atoms with van der Waals surface area (Å²) in [4.78, 5) is 37.8. The van der Waals surface area contributed by atoms with Crippen molar-refractivity contribution in [2.75, 3.05) is 24.6 Å². The summed E-state index contributed by atoms with van der Waals surface area (Å²) in [7, 11) is 0. The van der Waals surface area contributed by atoms with Crippen LogP contribution in [0.1, 0.15) is 35.3 Å². The molecule has 0 radical (unpaired) electrons. The molecule has 7 nitrogen and oxygen atoms in total. The topological polar surface area (TPSA) is 87.7 Å². The molecular formula is C23H27N3O4. The summed E-state index contributed by atoms with van der Waals surface area (Å²) in [5.74, 6) is -1.74. The third kappa shape index (κ3) is 7.09. The van der Waals surface area contributed by atoms with Gasteiger partial charge in [0.15, 0.2) is 6.61 Å². The van der Waals surface area contributed by atoms with E-state index in [4.69, 9.17) is 4.74 Å². The highest BCUT2D eigenvalue weighted by atomic mass is 16.5. The average Bonchev–Trinajstić information content (AvgIpc) is 2.76. The van der Waals surface area contributed by atoms with Gasteiger partial charge in [0.25, 0.3) is 11.8 Å². The van der Waals surface area contributed by atoms with Crippen LogP contribution in [0.5, 0.6) is 0 Å². The molecule has 0 saturated heterocycles. The second kappa shape index (κ2) is 11.4. The molecular weight excluding hydrogens is 382 g/mol. The van der Waals surface area contributed by atoms with Crippen molar-refractivity contribution in [3.63, 3.8) is 0 Å². The van der Waals surface area contributed by atoms with Crippen LogP contribution in [-0.2, 0) is 14.3 Å². The van der Waals surface area contributed by atoms with E-state index in [0.717, 1.165) is 29.9 Å². The van der Waals surface area contributed by atoms with E-state index < -0.39 is 24.4 Å². The first-order valence-electron chi connectivity index (χ1n) is 9.78. The van der Waals surface area contributed by atoms with E-state index in [-0.39, 0.29) is 0 Å². The Labute approximate surface area is 176 Å². The van der Waals surface area contributed by atoms with Crippen molar-refractivity contribution in [1.82, 2.24) is 10.9 Å². The molecule has 0 aliphatic carbocycles. The van der Waals surface area contributed by atoms with Gasteiger partial charge in [-0.3, -0.25) is 20.4 Å². The third-order valence-electron chi connectivity index (χ3n) is 4.37. The number of hydrogen-bond acceptors (Lipinski definition) is 5. The van der Waals surface area contributed by atoms with Gasteiger partial charge in [0, 0.05) is 30.4 Å². The number of amides is 2. The minimum Gasteiger partial charge on any atom is -0.452 e. The molecule has 2 rings (SSSR count). The molecule has 30 heavy (non-hydrogen) atoms. The fourth-order valence-corrected chi connectivity index (χ4v) is 2.77. The fraction of sp³-hybridized carbons (Fsp3) is 0.261. The van der Waals surface area contributed by atoms with Crippen molar-refractivity contribution in [1.29, 1.82) is 0 Å². The number of hydrogen-bond donors (Lipinski definition) is 2. The van der Waals surface area contributed by atoms with Gasteiger partial charge in [0.05, 0.1) is 0 Å². The van der Waals surface area contributed by atoms with Crippen LogP contribution in [-0.4, -0.2) is 37.5 Å². The molecule has 0 heterocycles. The molecule has 0 aromatic heterocycles. The van der Waals surface area contributed by atoms with E-state index >= 15 is 0 Å². The molecule has 0 atom stereocenters. The number of nitrogens with one attached hydrogen (secondary N) is 2. The van der Waals surface area contributed by atoms with E-state index in [9.17, 15) is 14.4 Å². The Kier molecular flexibility index (Phi) is 8.62. The van der Waals surface area contributed by atoms with Crippen LogP contribution in [0.4, 0.5) is 5.69 Å². The molecule has 2 amide bonds. The van der Waals surface area contributed by atoms with Crippen molar-refractivity contribution < 1.29 is 19.1 Å². The lowest BCUT2D eigenvalue weighted by atomic mass is 10.1. The maximum absolute atomic E-state index is 12.1. The van der Waals surface area contributed by atoms with Crippen molar-refractivity contribution in [2.45, 2.75) is 20.8 Å². The number of nitrogens with zero attached hydrogens (tertiary/aromatic N) is 1. The van der Waals surface area contributed by atoms with Gasteiger partial charge in [-0.05, 0) is 56.7 Å². The number of ether oxygens (including phenoxy) is 1. The van der Waals surface area contributed by atoms with Crippen molar-refractivity contribution in [3.8, 4) is 0 Å². The summed E-state index contributed by atoms with van der Waals surface area (Å²) >= 11 is 0. The minimum absolute atomic E-state index is 0.407. The van der Waals surface area contributed by atoms with Crippen LogP contribution in [0.2, 0.25) is 0 Å². The first kappa shape index (κ1) is 22.7. The number of aryl methyl sites for hydroxylation is 1. The Morgan fingerprint density at radius 2 is 1.70 bits per heavy atom. The van der Waals surface area contributed by atoms with Gasteiger partial charge >= 0.3 is 5.97 Å². The maximum Gasteiger partial charge on any atom is 0.331 e. The standard InChI is InChI=1S/C23H27N3O4/c1-4-26(5-2)20-12-10-19(11-13-20)23(29)25-24-21(27)16-30-22(28)14-9-18-8-6-7-17(3)15-18/h6-15H,4-5,16H2,1-3H3,(H,24,27)(H,25,29)/b14-9+. The normalized spacial score (nSPS) is 10.5. The third-order valence-corrected chi connectivity index (χ3v) is 4.37. The number of hydrazine groups is 1. The van der Waals surface area contributed by atoms with Gasteiger partial charge in [-0.1, -0.05) is 29.8 Å². The first-order valence-corrected chi connectivity index (χ1v) is 9.78.